The van der Waals surface area contributed by atoms with Crippen molar-refractivity contribution in [3.05, 3.63) is 54.3 Å². The first-order valence-electron chi connectivity index (χ1n) is 10.9. The first kappa shape index (κ1) is 21.4. The Morgan fingerprint density at radius 3 is 2.52 bits per heavy atom. The summed E-state index contributed by atoms with van der Waals surface area (Å²) in [4.78, 5) is 42.1. The first-order valence-corrected chi connectivity index (χ1v) is 10.9. The third kappa shape index (κ3) is 3.34. The van der Waals surface area contributed by atoms with E-state index >= 15 is 0 Å². The van der Waals surface area contributed by atoms with Crippen molar-refractivity contribution >= 4 is 29.2 Å². The number of fused-ring (bicyclic) bond motifs is 1. The van der Waals surface area contributed by atoms with Gasteiger partial charge in [0.25, 0.3) is 0 Å². The van der Waals surface area contributed by atoms with Crippen molar-refractivity contribution in [2.75, 3.05) is 10.2 Å². The van der Waals surface area contributed by atoms with Gasteiger partial charge in [0.2, 0.25) is 17.7 Å². The minimum Gasteiger partial charge on any atom is -0.360 e. The van der Waals surface area contributed by atoms with Crippen molar-refractivity contribution < 1.29 is 23.6 Å². The first-order chi connectivity index (χ1) is 15.6. The molecule has 4 heterocycles. The zero-order chi connectivity index (χ0) is 23.5. The van der Waals surface area contributed by atoms with Crippen LogP contribution in [-0.4, -0.2) is 46.2 Å². The Balaban J connectivity index is 1.55. The van der Waals surface area contributed by atoms with E-state index in [0.29, 0.717) is 11.4 Å². The molecule has 2 N–H and O–H groups in total. The predicted octanol–water partition coefficient (Wildman–Crippen LogP) is 2.19. The number of rotatable bonds is 4. The van der Waals surface area contributed by atoms with Crippen LogP contribution >= 0.6 is 0 Å². The minimum absolute atomic E-state index is 0.269. The van der Waals surface area contributed by atoms with Crippen molar-refractivity contribution in [1.29, 1.82) is 0 Å². The molecule has 2 aromatic rings. The maximum Gasteiger partial charge on any atom is 0.246 e. The molecule has 0 saturated carbocycles. The third-order valence-corrected chi connectivity index (χ3v) is 6.24. The lowest BCUT2D eigenvalue weighted by atomic mass is 9.74. The number of carbonyl (C=O) groups excluding carboxylic acids is 3. The van der Waals surface area contributed by atoms with Crippen LogP contribution in [0.15, 0.2) is 53.1 Å². The van der Waals surface area contributed by atoms with Crippen molar-refractivity contribution in [3.63, 3.8) is 0 Å². The SMILES string of the molecule is Cc1cc(NC(=O)[C@@H]2[C@H]3C=C[C@@]4(O3)[C@H]2C(=O)N(c2ccccc2)[C@@H]4C(=O)NC(C)(C)C)no1. The predicted molar refractivity (Wildman–Crippen MR) is 119 cm³/mol. The molecule has 9 heteroatoms. The van der Waals surface area contributed by atoms with Gasteiger partial charge in [0, 0.05) is 17.3 Å². The Morgan fingerprint density at radius 1 is 1.15 bits per heavy atom. The van der Waals surface area contributed by atoms with Crippen LogP contribution in [0.4, 0.5) is 11.5 Å². The Kier molecular flexibility index (Phi) is 4.72. The average molecular weight is 450 g/mol. The quantitative estimate of drug-likeness (QED) is 0.691. The number of aryl methyl sites for hydroxylation is 1. The molecule has 1 spiro atoms. The molecule has 1 aromatic carbocycles. The molecule has 0 radical (unpaired) electrons. The molecule has 33 heavy (non-hydrogen) atoms. The molecule has 3 aliphatic heterocycles. The van der Waals surface area contributed by atoms with E-state index in [-0.39, 0.29) is 17.6 Å². The summed E-state index contributed by atoms with van der Waals surface area (Å²) >= 11 is 0. The van der Waals surface area contributed by atoms with Crippen LogP contribution in [0.2, 0.25) is 0 Å². The summed E-state index contributed by atoms with van der Waals surface area (Å²) in [5.74, 6) is -1.89. The fourth-order valence-electron chi connectivity index (χ4n) is 5.11. The van der Waals surface area contributed by atoms with E-state index in [2.05, 4.69) is 15.8 Å². The van der Waals surface area contributed by atoms with Crippen LogP contribution in [0.5, 0.6) is 0 Å². The highest BCUT2D eigenvalue weighted by molar-refractivity contribution is 6.11. The molecule has 3 amide bonds. The van der Waals surface area contributed by atoms with Gasteiger partial charge in [0.05, 0.1) is 17.9 Å². The molecule has 0 aliphatic carbocycles. The van der Waals surface area contributed by atoms with Gasteiger partial charge >= 0.3 is 0 Å². The van der Waals surface area contributed by atoms with Gasteiger partial charge in [-0.1, -0.05) is 35.5 Å². The van der Waals surface area contributed by atoms with Gasteiger partial charge in [-0.3, -0.25) is 19.3 Å². The second-order valence-electron chi connectivity index (χ2n) is 9.80. The van der Waals surface area contributed by atoms with E-state index in [1.54, 1.807) is 49.4 Å². The molecular formula is C24H26N4O5. The van der Waals surface area contributed by atoms with E-state index in [4.69, 9.17) is 9.26 Å². The summed E-state index contributed by atoms with van der Waals surface area (Å²) in [6.07, 6.45) is 2.93. The molecule has 5 rings (SSSR count). The normalized spacial score (nSPS) is 29.9. The molecule has 5 atom stereocenters. The summed E-state index contributed by atoms with van der Waals surface area (Å²) < 4.78 is 11.3. The number of carbonyl (C=O) groups is 3. The fourth-order valence-corrected chi connectivity index (χ4v) is 5.11. The number of hydrogen-bond acceptors (Lipinski definition) is 6. The number of benzene rings is 1. The van der Waals surface area contributed by atoms with Gasteiger partial charge in [0.15, 0.2) is 5.82 Å². The Morgan fingerprint density at radius 2 is 1.88 bits per heavy atom. The van der Waals surface area contributed by atoms with Crippen LogP contribution in [0.1, 0.15) is 26.5 Å². The molecule has 2 bridgehead atoms. The summed E-state index contributed by atoms with van der Waals surface area (Å²) in [5.41, 5.74) is -1.18. The molecule has 2 fully saturated rings. The van der Waals surface area contributed by atoms with Gasteiger partial charge in [-0.25, -0.2) is 0 Å². The zero-order valence-electron chi connectivity index (χ0n) is 18.9. The second-order valence-corrected chi connectivity index (χ2v) is 9.80. The van der Waals surface area contributed by atoms with Gasteiger partial charge in [-0.2, -0.15) is 0 Å². The van der Waals surface area contributed by atoms with E-state index in [0.717, 1.165) is 0 Å². The van der Waals surface area contributed by atoms with Crippen molar-refractivity contribution in [1.82, 2.24) is 10.5 Å². The molecule has 9 nitrogen and oxygen atoms in total. The number of para-hydroxylation sites is 1. The van der Waals surface area contributed by atoms with Gasteiger partial charge in [-0.15, -0.1) is 0 Å². The summed E-state index contributed by atoms with van der Waals surface area (Å²) in [7, 11) is 0. The van der Waals surface area contributed by atoms with Crippen molar-refractivity contribution in [3.8, 4) is 0 Å². The number of aromatic nitrogens is 1. The third-order valence-electron chi connectivity index (χ3n) is 6.24. The number of ether oxygens (including phenoxy) is 1. The Labute approximate surface area is 191 Å². The Bertz CT molecular complexity index is 1150. The zero-order valence-corrected chi connectivity index (χ0v) is 18.9. The molecule has 2 saturated heterocycles. The number of anilines is 2. The minimum atomic E-state index is -1.24. The van der Waals surface area contributed by atoms with Crippen LogP contribution in [0.25, 0.3) is 0 Å². The summed E-state index contributed by atoms with van der Waals surface area (Å²) in [6, 6.07) is 9.64. The maximum absolute atomic E-state index is 13.8. The maximum atomic E-state index is 13.8. The van der Waals surface area contributed by atoms with Gasteiger partial charge < -0.3 is 19.9 Å². The van der Waals surface area contributed by atoms with Crippen molar-refractivity contribution in [2.45, 2.75) is 51.0 Å². The monoisotopic (exact) mass is 450 g/mol. The van der Waals surface area contributed by atoms with Crippen LogP contribution < -0.4 is 15.5 Å². The standard InChI is InChI=1S/C24H26N4O5/c1-13-12-16(27-33-13)25-20(29)17-15-10-11-24(32-15)18(17)22(31)28(14-8-6-5-7-9-14)19(24)21(30)26-23(2,3)4/h5-12,15,17-19H,1-4H3,(H,26,30)(H,25,27,29)/t15-,17-,18-,19-,24-/m1/s1. The molecule has 172 valence electrons. The van der Waals surface area contributed by atoms with Crippen LogP contribution in [0.3, 0.4) is 0 Å². The molecule has 0 unspecified atom stereocenters. The van der Waals surface area contributed by atoms with E-state index in [1.807, 2.05) is 26.8 Å². The lowest BCUT2D eigenvalue weighted by Crippen LogP contribution is -2.58. The number of nitrogens with one attached hydrogen (secondary N) is 2. The summed E-state index contributed by atoms with van der Waals surface area (Å²) in [6.45, 7) is 7.35. The molecular weight excluding hydrogens is 424 g/mol. The fraction of sp³-hybridized carbons (Fsp3) is 0.417. The van der Waals surface area contributed by atoms with Crippen LogP contribution in [0, 0.1) is 18.8 Å². The van der Waals surface area contributed by atoms with Crippen molar-refractivity contribution in [2.24, 2.45) is 11.8 Å². The van der Waals surface area contributed by atoms with Crippen LogP contribution in [-0.2, 0) is 19.1 Å². The molecule has 1 aromatic heterocycles. The van der Waals surface area contributed by atoms with E-state index in [9.17, 15) is 14.4 Å². The molecule has 3 aliphatic rings. The summed E-state index contributed by atoms with van der Waals surface area (Å²) in [5, 5.41) is 9.53. The largest absolute Gasteiger partial charge is 0.360 e. The topological polar surface area (TPSA) is 114 Å². The number of nitrogens with zero attached hydrogens (tertiary/aromatic N) is 2. The Hall–Kier alpha value is -3.46. The number of hydrogen-bond donors (Lipinski definition) is 2. The lowest BCUT2D eigenvalue weighted by Gasteiger charge is -2.34. The smallest absolute Gasteiger partial charge is 0.246 e. The highest BCUT2D eigenvalue weighted by Gasteiger charge is 2.73. The second kappa shape index (κ2) is 7.28. The van der Waals surface area contributed by atoms with E-state index in [1.165, 1.54) is 4.90 Å². The van der Waals surface area contributed by atoms with Gasteiger partial charge in [-0.05, 0) is 39.8 Å². The highest BCUT2D eigenvalue weighted by atomic mass is 16.5. The average Bonchev–Trinajstić information content (AvgIpc) is 3.48. The highest BCUT2D eigenvalue weighted by Crippen LogP contribution is 2.56. The van der Waals surface area contributed by atoms with E-state index < -0.39 is 41.0 Å². The lowest BCUT2D eigenvalue weighted by molar-refractivity contribution is -0.129. The van der Waals surface area contributed by atoms with Gasteiger partial charge in [0.1, 0.15) is 17.4 Å². The number of amides is 3.